The van der Waals surface area contributed by atoms with Gasteiger partial charge < -0.3 is 20.2 Å². The number of carboxylic acids is 1. The van der Waals surface area contributed by atoms with Crippen LogP contribution in [0, 0.1) is 5.92 Å². The summed E-state index contributed by atoms with van der Waals surface area (Å²) >= 11 is 0. The molecular formula is C12H13NO5. The van der Waals surface area contributed by atoms with Gasteiger partial charge in [-0.05, 0) is 18.6 Å². The Balaban J connectivity index is 2.18. The van der Waals surface area contributed by atoms with E-state index in [-0.39, 0.29) is 17.9 Å². The fraction of sp³-hybridized carbons (Fsp3) is 0.333. The molecule has 1 amide bonds. The van der Waals surface area contributed by atoms with Gasteiger partial charge in [0.25, 0.3) is 5.91 Å². The highest BCUT2D eigenvalue weighted by Gasteiger charge is 2.32. The van der Waals surface area contributed by atoms with Crippen LogP contribution < -0.4 is 0 Å². The van der Waals surface area contributed by atoms with Crippen LogP contribution in [0.25, 0.3) is 0 Å². The maximum atomic E-state index is 12.1. The number of hydrogen-bond acceptors (Lipinski definition) is 4. The number of benzene rings is 1. The van der Waals surface area contributed by atoms with Gasteiger partial charge in [0, 0.05) is 13.1 Å². The summed E-state index contributed by atoms with van der Waals surface area (Å²) in [6, 6.07) is 4.12. The number of amides is 1. The van der Waals surface area contributed by atoms with E-state index in [0.29, 0.717) is 13.0 Å². The van der Waals surface area contributed by atoms with Crippen molar-refractivity contribution < 1.29 is 24.9 Å². The van der Waals surface area contributed by atoms with Crippen LogP contribution in [0.15, 0.2) is 18.2 Å². The second kappa shape index (κ2) is 4.56. The van der Waals surface area contributed by atoms with Gasteiger partial charge in [-0.3, -0.25) is 9.59 Å². The van der Waals surface area contributed by atoms with Crippen LogP contribution in [-0.2, 0) is 4.79 Å². The Morgan fingerprint density at radius 3 is 2.61 bits per heavy atom. The predicted octanol–water partition coefficient (Wildman–Crippen LogP) is 0.644. The lowest BCUT2D eigenvalue weighted by atomic mass is 10.1. The van der Waals surface area contributed by atoms with Gasteiger partial charge in [0.05, 0.1) is 11.5 Å². The van der Waals surface area contributed by atoms with Crippen molar-refractivity contribution in [3.05, 3.63) is 23.8 Å². The zero-order valence-electron chi connectivity index (χ0n) is 9.54. The fourth-order valence-corrected chi connectivity index (χ4v) is 2.02. The molecule has 1 aromatic carbocycles. The van der Waals surface area contributed by atoms with E-state index in [0.717, 1.165) is 0 Å². The van der Waals surface area contributed by atoms with Gasteiger partial charge in [0.1, 0.15) is 0 Å². The van der Waals surface area contributed by atoms with E-state index in [9.17, 15) is 19.8 Å². The number of nitrogens with zero attached hydrogens (tertiary/aromatic N) is 1. The Hall–Kier alpha value is -2.24. The van der Waals surface area contributed by atoms with Crippen LogP contribution in [-0.4, -0.2) is 45.2 Å². The molecule has 0 saturated carbocycles. The molecule has 0 aliphatic carbocycles. The molecule has 1 aliphatic heterocycles. The van der Waals surface area contributed by atoms with E-state index in [1.165, 1.54) is 23.1 Å². The first-order valence-electron chi connectivity index (χ1n) is 5.53. The second-order valence-electron chi connectivity index (χ2n) is 4.25. The van der Waals surface area contributed by atoms with Crippen LogP contribution in [0.3, 0.4) is 0 Å². The first-order valence-corrected chi connectivity index (χ1v) is 5.53. The zero-order valence-corrected chi connectivity index (χ0v) is 9.54. The minimum atomic E-state index is -0.926. The summed E-state index contributed by atoms with van der Waals surface area (Å²) in [7, 11) is 0. The summed E-state index contributed by atoms with van der Waals surface area (Å²) in [5, 5.41) is 27.8. The van der Waals surface area contributed by atoms with Gasteiger partial charge >= 0.3 is 5.97 Å². The third-order valence-corrected chi connectivity index (χ3v) is 3.07. The lowest BCUT2D eigenvalue weighted by Gasteiger charge is -2.16. The lowest BCUT2D eigenvalue weighted by Crippen LogP contribution is -2.29. The van der Waals surface area contributed by atoms with Crippen molar-refractivity contribution >= 4 is 11.9 Å². The molecule has 1 heterocycles. The molecule has 0 aromatic heterocycles. The molecule has 18 heavy (non-hydrogen) atoms. The number of carboxylic acid groups (broad SMARTS) is 1. The van der Waals surface area contributed by atoms with Crippen molar-refractivity contribution in [1.82, 2.24) is 4.90 Å². The number of hydrogen-bond donors (Lipinski definition) is 3. The van der Waals surface area contributed by atoms with Gasteiger partial charge in [-0.15, -0.1) is 0 Å². The van der Waals surface area contributed by atoms with E-state index in [1.807, 2.05) is 0 Å². The van der Waals surface area contributed by atoms with Crippen molar-refractivity contribution in [2.45, 2.75) is 6.42 Å². The number of para-hydroxylation sites is 1. The minimum Gasteiger partial charge on any atom is -0.504 e. The largest absolute Gasteiger partial charge is 0.504 e. The number of aliphatic carboxylic acids is 1. The molecule has 6 heteroatoms. The van der Waals surface area contributed by atoms with Gasteiger partial charge in [-0.2, -0.15) is 0 Å². The molecule has 1 fully saturated rings. The maximum absolute atomic E-state index is 12.1. The monoisotopic (exact) mass is 251 g/mol. The standard InChI is InChI=1S/C12H13NO5/c14-9-3-1-2-8(10(9)15)11(16)13-5-4-7(6-13)12(17)18/h1-3,7,14-15H,4-6H2,(H,17,18). The molecule has 1 aromatic rings. The highest BCUT2D eigenvalue weighted by Crippen LogP contribution is 2.30. The van der Waals surface area contributed by atoms with Crippen LogP contribution in [0.4, 0.5) is 0 Å². The Morgan fingerprint density at radius 2 is 2.00 bits per heavy atom. The molecule has 0 radical (unpaired) electrons. The third-order valence-electron chi connectivity index (χ3n) is 3.07. The first-order chi connectivity index (χ1) is 8.50. The van der Waals surface area contributed by atoms with Gasteiger partial charge in [-0.1, -0.05) is 6.07 Å². The van der Waals surface area contributed by atoms with Crippen LogP contribution >= 0.6 is 0 Å². The number of phenolic OH excluding ortho intramolecular Hbond substituents is 2. The summed E-state index contributed by atoms with van der Waals surface area (Å²) in [4.78, 5) is 24.2. The first kappa shape index (κ1) is 12.2. The van der Waals surface area contributed by atoms with Gasteiger partial charge in [0.2, 0.25) is 0 Å². The van der Waals surface area contributed by atoms with Crippen LogP contribution in [0.2, 0.25) is 0 Å². The Bertz CT molecular complexity index is 499. The normalized spacial score (nSPS) is 18.9. The van der Waals surface area contributed by atoms with Crippen molar-refractivity contribution in [3.63, 3.8) is 0 Å². The maximum Gasteiger partial charge on any atom is 0.308 e. The van der Waals surface area contributed by atoms with E-state index in [1.54, 1.807) is 0 Å². The second-order valence-corrected chi connectivity index (χ2v) is 4.25. The average molecular weight is 251 g/mol. The SMILES string of the molecule is O=C(O)C1CCN(C(=O)c2cccc(O)c2O)C1. The van der Waals surface area contributed by atoms with Crippen LogP contribution in [0.5, 0.6) is 11.5 Å². The van der Waals surface area contributed by atoms with Crippen molar-refractivity contribution in [2.24, 2.45) is 5.92 Å². The number of phenols is 2. The zero-order chi connectivity index (χ0) is 13.3. The Morgan fingerprint density at radius 1 is 1.28 bits per heavy atom. The summed E-state index contributed by atoms with van der Waals surface area (Å²) < 4.78 is 0. The van der Waals surface area contributed by atoms with Crippen molar-refractivity contribution in [3.8, 4) is 11.5 Å². The molecule has 1 unspecified atom stereocenters. The van der Waals surface area contributed by atoms with E-state index < -0.39 is 23.5 Å². The molecule has 0 bridgehead atoms. The van der Waals surface area contributed by atoms with Crippen molar-refractivity contribution in [2.75, 3.05) is 13.1 Å². The Kier molecular flexibility index (Phi) is 3.10. The summed E-state index contributed by atoms with van der Waals surface area (Å²) in [6.07, 6.45) is 0.403. The summed E-state index contributed by atoms with van der Waals surface area (Å²) in [6.45, 7) is 0.466. The lowest BCUT2D eigenvalue weighted by molar-refractivity contribution is -0.141. The molecule has 1 atom stereocenters. The molecule has 2 rings (SSSR count). The molecular weight excluding hydrogens is 238 g/mol. The van der Waals surface area contributed by atoms with Crippen molar-refractivity contribution in [1.29, 1.82) is 0 Å². The topological polar surface area (TPSA) is 98.1 Å². The van der Waals surface area contributed by atoms with Crippen LogP contribution in [0.1, 0.15) is 16.8 Å². The summed E-state index contributed by atoms with van der Waals surface area (Å²) in [5.74, 6) is -2.79. The minimum absolute atomic E-state index is 0.0129. The molecule has 96 valence electrons. The quantitative estimate of drug-likeness (QED) is 0.670. The Labute approximate surface area is 103 Å². The number of aromatic hydroxyl groups is 2. The number of rotatable bonds is 2. The van der Waals surface area contributed by atoms with Gasteiger partial charge in [0.15, 0.2) is 11.5 Å². The molecule has 1 aliphatic rings. The molecule has 6 nitrogen and oxygen atoms in total. The molecule has 3 N–H and O–H groups in total. The molecule has 1 saturated heterocycles. The highest BCUT2D eigenvalue weighted by molar-refractivity contribution is 5.98. The highest BCUT2D eigenvalue weighted by atomic mass is 16.4. The van der Waals surface area contributed by atoms with E-state index in [4.69, 9.17) is 5.11 Å². The predicted molar refractivity (Wildman–Crippen MR) is 61.4 cm³/mol. The third kappa shape index (κ3) is 2.09. The van der Waals surface area contributed by atoms with E-state index >= 15 is 0 Å². The number of carbonyl (C=O) groups excluding carboxylic acids is 1. The number of likely N-dealkylation sites (tertiary alicyclic amines) is 1. The molecule has 0 spiro atoms. The summed E-state index contributed by atoms with van der Waals surface area (Å²) in [5.41, 5.74) is -0.0129. The fourth-order valence-electron chi connectivity index (χ4n) is 2.02. The van der Waals surface area contributed by atoms with E-state index in [2.05, 4.69) is 0 Å². The van der Waals surface area contributed by atoms with Gasteiger partial charge in [-0.25, -0.2) is 0 Å². The smallest absolute Gasteiger partial charge is 0.308 e. The number of carbonyl (C=O) groups is 2. The average Bonchev–Trinajstić information content (AvgIpc) is 2.81.